The van der Waals surface area contributed by atoms with Gasteiger partial charge in [0.2, 0.25) is 0 Å². The molecule has 0 aliphatic heterocycles. The standard InChI is InChI=1S/C27H24N4/c28-24-8-3-5-20(15-24)18-29-17-19-11-13-21(14-12-19)22-6-4-7-23(16-22)27-30-25-9-1-2-10-26(25)31-27/h1-16,29H,17-18,28H2,(H,30,31). The van der Waals surface area contributed by atoms with Crippen molar-refractivity contribution in [3.63, 3.8) is 0 Å². The molecule has 4 aromatic carbocycles. The van der Waals surface area contributed by atoms with Crippen LogP contribution in [-0.2, 0) is 13.1 Å². The summed E-state index contributed by atoms with van der Waals surface area (Å²) in [5.74, 6) is 0.894. The van der Waals surface area contributed by atoms with E-state index in [1.807, 2.05) is 36.4 Å². The minimum Gasteiger partial charge on any atom is -0.399 e. The molecule has 5 rings (SSSR count). The van der Waals surface area contributed by atoms with Crippen molar-refractivity contribution in [1.29, 1.82) is 0 Å². The number of benzene rings is 4. The van der Waals surface area contributed by atoms with Gasteiger partial charge in [0.25, 0.3) is 0 Å². The number of hydrogen-bond donors (Lipinski definition) is 3. The van der Waals surface area contributed by atoms with E-state index in [9.17, 15) is 0 Å². The molecule has 1 aromatic heterocycles. The minimum absolute atomic E-state index is 0.798. The number of nitrogens with one attached hydrogen (secondary N) is 2. The number of para-hydroxylation sites is 2. The highest BCUT2D eigenvalue weighted by Crippen LogP contribution is 2.26. The van der Waals surface area contributed by atoms with Gasteiger partial charge in [-0.3, -0.25) is 0 Å². The molecule has 0 amide bonds. The number of nitrogens with zero attached hydrogens (tertiary/aromatic N) is 1. The van der Waals surface area contributed by atoms with Gasteiger partial charge in [-0.2, -0.15) is 0 Å². The number of rotatable bonds is 6. The second-order valence-electron chi connectivity index (χ2n) is 7.73. The van der Waals surface area contributed by atoms with Crippen molar-refractivity contribution in [3.05, 3.63) is 108 Å². The Morgan fingerprint density at radius 2 is 1.45 bits per heavy atom. The summed E-state index contributed by atoms with van der Waals surface area (Å²) in [6, 6.07) is 33.3. The van der Waals surface area contributed by atoms with Crippen molar-refractivity contribution >= 4 is 16.7 Å². The Kier molecular flexibility index (Phi) is 5.21. The molecule has 0 aliphatic carbocycles. The monoisotopic (exact) mass is 404 g/mol. The molecular weight excluding hydrogens is 380 g/mol. The van der Waals surface area contributed by atoms with E-state index in [-0.39, 0.29) is 0 Å². The van der Waals surface area contributed by atoms with E-state index in [1.54, 1.807) is 0 Å². The number of aromatic nitrogens is 2. The largest absolute Gasteiger partial charge is 0.399 e. The third-order valence-corrected chi connectivity index (χ3v) is 5.42. The number of H-pyrrole nitrogens is 1. The van der Waals surface area contributed by atoms with Gasteiger partial charge >= 0.3 is 0 Å². The summed E-state index contributed by atoms with van der Waals surface area (Å²) in [7, 11) is 0. The third-order valence-electron chi connectivity index (χ3n) is 5.42. The number of hydrogen-bond acceptors (Lipinski definition) is 3. The van der Waals surface area contributed by atoms with E-state index in [0.29, 0.717) is 0 Å². The van der Waals surface area contributed by atoms with Crippen molar-refractivity contribution < 1.29 is 0 Å². The second kappa shape index (κ2) is 8.46. The summed E-state index contributed by atoms with van der Waals surface area (Å²) >= 11 is 0. The molecule has 0 aliphatic rings. The predicted octanol–water partition coefficient (Wildman–Crippen LogP) is 5.77. The molecule has 0 bridgehead atoms. The van der Waals surface area contributed by atoms with Crippen LogP contribution in [0.1, 0.15) is 11.1 Å². The first kappa shape index (κ1) is 19.1. The maximum atomic E-state index is 5.85. The summed E-state index contributed by atoms with van der Waals surface area (Å²) in [5.41, 5.74) is 14.6. The Balaban J connectivity index is 1.29. The van der Waals surface area contributed by atoms with E-state index >= 15 is 0 Å². The molecule has 0 spiro atoms. The van der Waals surface area contributed by atoms with Crippen LogP contribution in [0.4, 0.5) is 5.69 Å². The Bertz CT molecular complexity index is 1290. The highest BCUT2D eigenvalue weighted by atomic mass is 14.9. The van der Waals surface area contributed by atoms with Gasteiger partial charge in [0.15, 0.2) is 0 Å². The molecule has 0 unspecified atom stereocenters. The van der Waals surface area contributed by atoms with Gasteiger partial charge in [0.05, 0.1) is 11.0 Å². The van der Waals surface area contributed by atoms with Gasteiger partial charge in [-0.1, -0.05) is 66.7 Å². The smallest absolute Gasteiger partial charge is 0.138 e. The van der Waals surface area contributed by atoms with Crippen LogP contribution in [0, 0.1) is 0 Å². The van der Waals surface area contributed by atoms with Crippen LogP contribution < -0.4 is 11.1 Å². The van der Waals surface area contributed by atoms with Crippen molar-refractivity contribution in [2.24, 2.45) is 0 Å². The summed E-state index contributed by atoms with van der Waals surface area (Å²) < 4.78 is 0. The average molecular weight is 405 g/mol. The molecule has 31 heavy (non-hydrogen) atoms. The fraction of sp³-hybridized carbons (Fsp3) is 0.0741. The first-order valence-corrected chi connectivity index (χ1v) is 10.4. The van der Waals surface area contributed by atoms with Crippen molar-refractivity contribution in [2.45, 2.75) is 13.1 Å². The minimum atomic E-state index is 0.798. The second-order valence-corrected chi connectivity index (χ2v) is 7.73. The van der Waals surface area contributed by atoms with Crippen LogP contribution in [0.25, 0.3) is 33.5 Å². The fourth-order valence-electron chi connectivity index (χ4n) is 3.80. The molecule has 152 valence electrons. The number of nitrogen functional groups attached to an aromatic ring is 1. The first-order chi connectivity index (χ1) is 15.2. The van der Waals surface area contributed by atoms with E-state index in [4.69, 9.17) is 10.7 Å². The lowest BCUT2D eigenvalue weighted by atomic mass is 10.0. The number of nitrogens with two attached hydrogens (primary N) is 1. The molecule has 1 heterocycles. The zero-order valence-corrected chi connectivity index (χ0v) is 17.2. The summed E-state index contributed by atoms with van der Waals surface area (Å²) in [4.78, 5) is 8.14. The van der Waals surface area contributed by atoms with Crippen molar-refractivity contribution in [3.8, 4) is 22.5 Å². The van der Waals surface area contributed by atoms with Crippen molar-refractivity contribution in [2.75, 3.05) is 5.73 Å². The normalized spacial score (nSPS) is 11.1. The lowest BCUT2D eigenvalue weighted by Gasteiger charge is -2.08. The quantitative estimate of drug-likeness (QED) is 0.315. The molecule has 0 atom stereocenters. The van der Waals surface area contributed by atoms with Gasteiger partial charge < -0.3 is 16.0 Å². The number of imidazole rings is 1. The van der Waals surface area contributed by atoms with Crippen LogP contribution >= 0.6 is 0 Å². The highest BCUT2D eigenvalue weighted by molar-refractivity contribution is 5.80. The van der Waals surface area contributed by atoms with Gasteiger partial charge in [0.1, 0.15) is 5.82 Å². The van der Waals surface area contributed by atoms with Gasteiger partial charge in [-0.15, -0.1) is 0 Å². The number of anilines is 1. The van der Waals surface area contributed by atoms with E-state index in [2.05, 4.69) is 71.0 Å². The first-order valence-electron chi connectivity index (χ1n) is 10.4. The van der Waals surface area contributed by atoms with Gasteiger partial charge in [0, 0.05) is 24.3 Å². The molecule has 0 radical (unpaired) electrons. The topological polar surface area (TPSA) is 66.7 Å². The van der Waals surface area contributed by atoms with Crippen LogP contribution in [0.3, 0.4) is 0 Å². The zero-order chi connectivity index (χ0) is 21.0. The van der Waals surface area contributed by atoms with Gasteiger partial charge in [-0.05, 0) is 52.6 Å². The lowest BCUT2D eigenvalue weighted by Crippen LogP contribution is -2.12. The van der Waals surface area contributed by atoms with E-state index in [0.717, 1.165) is 41.2 Å². The average Bonchev–Trinajstić information content (AvgIpc) is 3.24. The highest BCUT2D eigenvalue weighted by Gasteiger charge is 2.07. The molecular formula is C27H24N4. The fourth-order valence-corrected chi connectivity index (χ4v) is 3.80. The molecule has 4 heteroatoms. The summed E-state index contributed by atoms with van der Waals surface area (Å²) in [6.45, 7) is 1.61. The lowest BCUT2D eigenvalue weighted by molar-refractivity contribution is 0.693. The maximum absolute atomic E-state index is 5.85. The molecule has 0 saturated heterocycles. The SMILES string of the molecule is Nc1cccc(CNCc2ccc(-c3cccc(-c4nc5ccccc5[nH]4)c3)cc2)c1. The summed E-state index contributed by atoms with van der Waals surface area (Å²) in [5, 5.41) is 3.48. The molecule has 0 saturated carbocycles. The Morgan fingerprint density at radius 1 is 0.677 bits per heavy atom. The van der Waals surface area contributed by atoms with E-state index < -0.39 is 0 Å². The number of aromatic amines is 1. The van der Waals surface area contributed by atoms with Crippen LogP contribution in [0.5, 0.6) is 0 Å². The van der Waals surface area contributed by atoms with Gasteiger partial charge in [-0.25, -0.2) is 4.98 Å². The Labute approximate surface area is 181 Å². The Hall–Kier alpha value is -3.89. The molecule has 4 nitrogen and oxygen atoms in total. The molecule has 4 N–H and O–H groups in total. The van der Waals surface area contributed by atoms with Crippen LogP contribution in [-0.4, -0.2) is 9.97 Å². The van der Waals surface area contributed by atoms with Crippen LogP contribution in [0.2, 0.25) is 0 Å². The summed E-state index contributed by atoms with van der Waals surface area (Å²) in [6.07, 6.45) is 0. The number of fused-ring (bicyclic) bond motifs is 1. The van der Waals surface area contributed by atoms with E-state index in [1.165, 1.54) is 22.3 Å². The predicted molar refractivity (Wildman–Crippen MR) is 128 cm³/mol. The Morgan fingerprint density at radius 3 is 2.29 bits per heavy atom. The molecule has 0 fully saturated rings. The third kappa shape index (κ3) is 4.34. The maximum Gasteiger partial charge on any atom is 0.138 e. The van der Waals surface area contributed by atoms with Crippen LogP contribution in [0.15, 0.2) is 97.1 Å². The van der Waals surface area contributed by atoms with Crippen molar-refractivity contribution in [1.82, 2.24) is 15.3 Å². The zero-order valence-electron chi connectivity index (χ0n) is 17.2. The molecule has 5 aromatic rings.